The molecule has 5 rings (SSSR count). The first-order valence-electron chi connectivity index (χ1n) is 10.3. The van der Waals surface area contributed by atoms with E-state index in [9.17, 15) is 4.79 Å². The van der Waals surface area contributed by atoms with Gasteiger partial charge in [-0.15, -0.1) is 0 Å². The van der Waals surface area contributed by atoms with Crippen molar-refractivity contribution in [1.29, 1.82) is 0 Å². The number of ketones is 1. The normalized spacial score (nSPS) is 14.0. The van der Waals surface area contributed by atoms with Crippen LogP contribution in [0.3, 0.4) is 0 Å². The summed E-state index contributed by atoms with van der Waals surface area (Å²) in [5.41, 5.74) is 2.20. The molecule has 0 aliphatic carbocycles. The Hall–Kier alpha value is -3.85. The average Bonchev–Trinajstić information content (AvgIpc) is 2.83. The summed E-state index contributed by atoms with van der Waals surface area (Å²) in [5, 5.41) is 2.12. The predicted octanol–water partition coefficient (Wildman–Crippen LogP) is 6.16. The zero-order valence-electron chi connectivity index (χ0n) is 17.2. The maximum atomic E-state index is 11.6. The SMILES string of the molecule is CC(=O)COc1cc2ccccc2c2c1OC(c1ccccc1)(c1ccccc1)C=C2. The highest BCUT2D eigenvalue weighted by Gasteiger charge is 2.38. The van der Waals surface area contributed by atoms with E-state index in [1.54, 1.807) is 0 Å². The Labute approximate surface area is 181 Å². The Morgan fingerprint density at radius 2 is 1.48 bits per heavy atom. The number of carbonyl (C=O) groups is 1. The minimum atomic E-state index is -0.799. The molecule has 0 saturated carbocycles. The third-order valence-electron chi connectivity index (χ3n) is 5.59. The van der Waals surface area contributed by atoms with Crippen LogP contribution in [0.2, 0.25) is 0 Å². The van der Waals surface area contributed by atoms with E-state index in [4.69, 9.17) is 9.47 Å². The largest absolute Gasteiger partial charge is 0.482 e. The van der Waals surface area contributed by atoms with Gasteiger partial charge in [-0.25, -0.2) is 0 Å². The number of ether oxygens (including phenoxy) is 2. The molecule has 0 bridgehead atoms. The lowest BCUT2D eigenvalue weighted by Gasteiger charge is -2.37. The van der Waals surface area contributed by atoms with Crippen molar-refractivity contribution in [1.82, 2.24) is 0 Å². The number of benzene rings is 4. The smallest absolute Gasteiger partial charge is 0.178 e. The molecule has 0 spiro atoms. The summed E-state index contributed by atoms with van der Waals surface area (Å²) in [4.78, 5) is 11.6. The van der Waals surface area contributed by atoms with Crippen LogP contribution in [0, 0.1) is 0 Å². The van der Waals surface area contributed by atoms with Gasteiger partial charge in [0.1, 0.15) is 6.61 Å². The van der Waals surface area contributed by atoms with Crippen LogP contribution >= 0.6 is 0 Å². The molecule has 152 valence electrons. The van der Waals surface area contributed by atoms with Crippen molar-refractivity contribution in [3.63, 3.8) is 0 Å². The number of rotatable bonds is 5. The van der Waals surface area contributed by atoms with E-state index in [0.29, 0.717) is 11.5 Å². The summed E-state index contributed by atoms with van der Waals surface area (Å²) >= 11 is 0. The van der Waals surface area contributed by atoms with Gasteiger partial charge in [-0.3, -0.25) is 4.79 Å². The average molecular weight is 406 g/mol. The van der Waals surface area contributed by atoms with E-state index < -0.39 is 5.60 Å². The summed E-state index contributed by atoms with van der Waals surface area (Å²) in [6, 6.07) is 30.4. The molecule has 0 saturated heterocycles. The summed E-state index contributed by atoms with van der Waals surface area (Å²) in [6.45, 7) is 1.52. The van der Waals surface area contributed by atoms with Crippen LogP contribution in [-0.2, 0) is 10.4 Å². The molecule has 3 heteroatoms. The lowest BCUT2D eigenvalue weighted by Crippen LogP contribution is -2.34. The molecule has 1 aliphatic rings. The van der Waals surface area contributed by atoms with E-state index >= 15 is 0 Å². The fraction of sp³-hybridized carbons (Fsp3) is 0.107. The molecule has 3 nitrogen and oxygen atoms in total. The third kappa shape index (κ3) is 3.38. The first-order chi connectivity index (χ1) is 15.2. The zero-order valence-corrected chi connectivity index (χ0v) is 17.2. The molecule has 0 N–H and O–H groups in total. The maximum Gasteiger partial charge on any atom is 0.178 e. The summed E-state index contributed by atoms with van der Waals surface area (Å²) in [7, 11) is 0. The van der Waals surface area contributed by atoms with Crippen LogP contribution in [-0.4, -0.2) is 12.4 Å². The Morgan fingerprint density at radius 3 is 2.13 bits per heavy atom. The second kappa shape index (κ2) is 7.77. The first-order valence-corrected chi connectivity index (χ1v) is 10.3. The highest BCUT2D eigenvalue weighted by molar-refractivity contribution is 5.96. The first kappa shape index (κ1) is 19.1. The van der Waals surface area contributed by atoms with Crippen LogP contribution in [0.1, 0.15) is 23.6 Å². The van der Waals surface area contributed by atoms with Gasteiger partial charge in [0, 0.05) is 16.7 Å². The Morgan fingerprint density at radius 1 is 0.871 bits per heavy atom. The quantitative estimate of drug-likeness (QED) is 0.398. The van der Waals surface area contributed by atoms with E-state index in [2.05, 4.69) is 42.5 Å². The van der Waals surface area contributed by atoms with Crippen LogP contribution in [0.4, 0.5) is 0 Å². The van der Waals surface area contributed by atoms with Gasteiger partial charge in [0.15, 0.2) is 22.9 Å². The molecule has 4 aromatic carbocycles. The molecule has 0 unspecified atom stereocenters. The van der Waals surface area contributed by atoms with Gasteiger partial charge < -0.3 is 9.47 Å². The molecule has 0 fully saturated rings. The fourth-order valence-electron chi connectivity index (χ4n) is 4.13. The van der Waals surface area contributed by atoms with E-state index in [1.807, 2.05) is 60.7 Å². The molecule has 0 atom stereocenters. The second-order valence-electron chi connectivity index (χ2n) is 7.73. The van der Waals surface area contributed by atoms with Crippen molar-refractivity contribution in [2.24, 2.45) is 0 Å². The van der Waals surface area contributed by atoms with Crippen molar-refractivity contribution in [2.45, 2.75) is 12.5 Å². The topological polar surface area (TPSA) is 35.5 Å². The van der Waals surface area contributed by atoms with Crippen LogP contribution < -0.4 is 9.47 Å². The van der Waals surface area contributed by atoms with E-state index in [-0.39, 0.29) is 12.4 Å². The van der Waals surface area contributed by atoms with Gasteiger partial charge in [0.2, 0.25) is 0 Å². The lowest BCUT2D eigenvalue weighted by atomic mass is 9.83. The Kier molecular flexibility index (Phi) is 4.79. The molecule has 1 aliphatic heterocycles. The standard InChI is InChI=1S/C28H22O3/c1-20(29)19-30-26-18-21-10-8-9-15-24(21)25-16-17-28(31-27(25)26,22-11-4-2-5-12-22)23-13-6-3-7-14-23/h2-18H,19H2,1H3. The van der Waals surface area contributed by atoms with Gasteiger partial charge in [0.05, 0.1) is 0 Å². The monoisotopic (exact) mass is 406 g/mol. The molecule has 0 aromatic heterocycles. The third-order valence-corrected chi connectivity index (χ3v) is 5.59. The number of fused-ring (bicyclic) bond motifs is 3. The summed E-state index contributed by atoms with van der Waals surface area (Å²) in [5.74, 6) is 1.19. The molecule has 0 amide bonds. The molecule has 0 radical (unpaired) electrons. The number of hydrogen-bond acceptors (Lipinski definition) is 3. The zero-order chi connectivity index (χ0) is 21.3. The molecular weight excluding hydrogens is 384 g/mol. The molecular formula is C28H22O3. The summed E-state index contributed by atoms with van der Waals surface area (Å²) in [6.07, 6.45) is 4.23. The maximum absolute atomic E-state index is 11.6. The minimum absolute atomic E-state index is 0.00152. The van der Waals surface area contributed by atoms with Crippen LogP contribution in [0.25, 0.3) is 16.8 Å². The van der Waals surface area contributed by atoms with Gasteiger partial charge in [-0.1, -0.05) is 84.9 Å². The summed E-state index contributed by atoms with van der Waals surface area (Å²) < 4.78 is 12.8. The Balaban J connectivity index is 1.74. The molecule has 1 heterocycles. The highest BCUT2D eigenvalue weighted by Crippen LogP contribution is 2.48. The lowest BCUT2D eigenvalue weighted by molar-refractivity contribution is -0.118. The van der Waals surface area contributed by atoms with Gasteiger partial charge in [-0.05, 0) is 35.9 Å². The van der Waals surface area contributed by atoms with Crippen LogP contribution in [0.15, 0.2) is 97.1 Å². The van der Waals surface area contributed by atoms with Gasteiger partial charge in [0.25, 0.3) is 0 Å². The van der Waals surface area contributed by atoms with E-state index in [0.717, 1.165) is 27.5 Å². The van der Waals surface area contributed by atoms with Gasteiger partial charge in [-0.2, -0.15) is 0 Å². The number of Topliss-reactive ketones (excluding diaryl/α,β-unsaturated/α-hetero) is 1. The highest BCUT2D eigenvalue weighted by atomic mass is 16.5. The van der Waals surface area contributed by atoms with Crippen molar-refractivity contribution < 1.29 is 14.3 Å². The van der Waals surface area contributed by atoms with Crippen molar-refractivity contribution >= 4 is 22.6 Å². The second-order valence-corrected chi connectivity index (χ2v) is 7.73. The van der Waals surface area contributed by atoms with Crippen molar-refractivity contribution in [3.05, 3.63) is 114 Å². The Bertz CT molecular complexity index is 1230. The number of hydrogen-bond donors (Lipinski definition) is 0. The van der Waals surface area contributed by atoms with Crippen molar-refractivity contribution in [2.75, 3.05) is 6.61 Å². The molecule has 4 aromatic rings. The van der Waals surface area contributed by atoms with Crippen LogP contribution in [0.5, 0.6) is 11.5 Å². The predicted molar refractivity (Wildman–Crippen MR) is 123 cm³/mol. The number of carbonyl (C=O) groups excluding carboxylic acids is 1. The minimum Gasteiger partial charge on any atom is -0.482 e. The van der Waals surface area contributed by atoms with E-state index in [1.165, 1.54) is 6.92 Å². The fourth-order valence-corrected chi connectivity index (χ4v) is 4.13. The molecule has 31 heavy (non-hydrogen) atoms. The van der Waals surface area contributed by atoms with Gasteiger partial charge >= 0.3 is 0 Å². The van der Waals surface area contributed by atoms with Crippen molar-refractivity contribution in [3.8, 4) is 11.5 Å².